The highest BCUT2D eigenvalue weighted by atomic mass is 16.5. The van der Waals surface area contributed by atoms with Crippen LogP contribution in [0.25, 0.3) is 0 Å². The highest BCUT2D eigenvalue weighted by Crippen LogP contribution is 2.19. The molecule has 1 amide bonds. The fourth-order valence-corrected chi connectivity index (χ4v) is 11.8. The highest BCUT2D eigenvalue weighted by molar-refractivity contribution is 5.76. The summed E-state index contributed by atoms with van der Waals surface area (Å²) in [6.07, 6.45) is 85.6. The summed E-state index contributed by atoms with van der Waals surface area (Å²) in [5.74, 6) is -0.00880. The molecule has 0 aliphatic carbocycles. The third-order valence-corrected chi connectivity index (χ3v) is 17.3. The van der Waals surface area contributed by atoms with Gasteiger partial charge in [0.25, 0.3) is 0 Å². The second-order valence-corrected chi connectivity index (χ2v) is 25.3. The largest absolute Gasteiger partial charge is 0.466 e. The Hall–Kier alpha value is -1.40. The van der Waals surface area contributed by atoms with Gasteiger partial charge in [-0.25, -0.2) is 0 Å². The van der Waals surface area contributed by atoms with Crippen LogP contribution in [0.3, 0.4) is 0 Å². The minimum atomic E-state index is -0.663. The summed E-state index contributed by atoms with van der Waals surface area (Å²) in [6, 6.07) is -0.540. The molecule has 3 N–H and O–H groups in total. The lowest BCUT2D eigenvalue weighted by molar-refractivity contribution is -0.143. The van der Waals surface area contributed by atoms with E-state index < -0.39 is 12.1 Å². The summed E-state index contributed by atoms with van der Waals surface area (Å²) in [4.78, 5) is 24.6. The van der Waals surface area contributed by atoms with Crippen LogP contribution < -0.4 is 5.32 Å². The van der Waals surface area contributed by atoms with Crippen molar-refractivity contribution in [3.05, 3.63) is 12.2 Å². The molecule has 6 heteroatoms. The number of allylic oxidation sites excluding steroid dienone is 2. The summed E-state index contributed by atoms with van der Waals surface area (Å²) in [6.45, 7) is 5.00. The summed E-state index contributed by atoms with van der Waals surface area (Å²) in [5, 5.41) is 23.3. The van der Waals surface area contributed by atoms with Gasteiger partial charge in [-0.2, -0.15) is 0 Å². The number of rotatable bonds is 69. The number of aliphatic hydroxyl groups is 2. The predicted molar refractivity (Wildman–Crippen MR) is 347 cm³/mol. The minimum Gasteiger partial charge on any atom is -0.466 e. The van der Waals surface area contributed by atoms with Crippen LogP contribution in [0.2, 0.25) is 0 Å². The second kappa shape index (κ2) is 69.1. The molecular formula is C73H143NO5. The summed E-state index contributed by atoms with van der Waals surface area (Å²) >= 11 is 0. The van der Waals surface area contributed by atoms with E-state index in [0.29, 0.717) is 25.9 Å². The number of carbonyl (C=O) groups excluding carboxylic acids is 2. The fraction of sp³-hybridized carbons (Fsp3) is 0.945. The molecule has 0 spiro atoms. The van der Waals surface area contributed by atoms with E-state index in [9.17, 15) is 19.8 Å². The zero-order chi connectivity index (χ0) is 57.1. The van der Waals surface area contributed by atoms with Gasteiger partial charge >= 0.3 is 5.97 Å². The number of amides is 1. The van der Waals surface area contributed by atoms with Crippen molar-refractivity contribution >= 4 is 11.9 Å². The monoisotopic (exact) mass is 1110 g/mol. The first kappa shape index (κ1) is 77.6. The number of nitrogens with one attached hydrogen (secondary N) is 1. The van der Waals surface area contributed by atoms with Crippen LogP contribution in [-0.2, 0) is 14.3 Å². The number of hydrogen-bond donors (Lipinski definition) is 3. The van der Waals surface area contributed by atoms with Crippen molar-refractivity contribution in [2.45, 2.75) is 431 Å². The van der Waals surface area contributed by atoms with Crippen molar-refractivity contribution in [1.82, 2.24) is 5.32 Å². The molecule has 0 heterocycles. The molecule has 0 saturated heterocycles. The van der Waals surface area contributed by atoms with Crippen molar-refractivity contribution in [2.75, 3.05) is 13.2 Å². The van der Waals surface area contributed by atoms with Gasteiger partial charge in [0.1, 0.15) is 0 Å². The van der Waals surface area contributed by atoms with Gasteiger partial charge in [-0.1, -0.05) is 366 Å². The molecule has 2 unspecified atom stereocenters. The van der Waals surface area contributed by atoms with E-state index >= 15 is 0 Å². The SMILES string of the molecule is CCCCCCCCCCCCCCCCCCCCCC(=O)OCCCCCCCCCCCCCC/C=C\CCCCCCCCCCCCCCCC(=O)NC(CO)C(O)CCCCCCCCCCCCCCCC. The molecule has 0 aromatic carbocycles. The lowest BCUT2D eigenvalue weighted by Crippen LogP contribution is -2.45. The molecule has 0 aromatic heterocycles. The van der Waals surface area contributed by atoms with Gasteiger partial charge in [-0.3, -0.25) is 9.59 Å². The van der Waals surface area contributed by atoms with E-state index in [4.69, 9.17) is 4.74 Å². The third-order valence-electron chi connectivity index (χ3n) is 17.3. The minimum absolute atomic E-state index is 0.0224. The number of ether oxygens (including phenoxy) is 1. The number of aliphatic hydroxyl groups excluding tert-OH is 2. The van der Waals surface area contributed by atoms with E-state index in [-0.39, 0.29) is 18.5 Å². The van der Waals surface area contributed by atoms with Gasteiger partial charge in [-0.15, -0.1) is 0 Å². The Morgan fingerprint density at radius 2 is 0.595 bits per heavy atom. The molecule has 6 nitrogen and oxygen atoms in total. The second-order valence-electron chi connectivity index (χ2n) is 25.3. The molecule has 0 aromatic rings. The van der Waals surface area contributed by atoms with Crippen LogP contribution in [0.5, 0.6) is 0 Å². The average Bonchev–Trinajstić information content (AvgIpc) is 3.45. The van der Waals surface area contributed by atoms with Crippen molar-refractivity contribution in [3.63, 3.8) is 0 Å². The molecule has 0 radical (unpaired) electrons. The normalized spacial score (nSPS) is 12.5. The summed E-state index contributed by atoms with van der Waals surface area (Å²) in [5.41, 5.74) is 0. The van der Waals surface area contributed by atoms with Gasteiger partial charge < -0.3 is 20.3 Å². The molecule has 0 aliphatic heterocycles. The maximum atomic E-state index is 12.5. The maximum absolute atomic E-state index is 12.5. The molecule has 0 fully saturated rings. The Morgan fingerprint density at radius 3 is 0.899 bits per heavy atom. The molecule has 0 rings (SSSR count). The number of hydrogen-bond acceptors (Lipinski definition) is 5. The highest BCUT2D eigenvalue weighted by Gasteiger charge is 2.20. The predicted octanol–water partition coefficient (Wildman–Crippen LogP) is 23.5. The number of esters is 1. The molecular weight excluding hydrogens is 971 g/mol. The average molecular weight is 1110 g/mol. The van der Waals surface area contributed by atoms with Crippen LogP contribution in [-0.4, -0.2) is 47.4 Å². The first-order chi connectivity index (χ1) is 39.0. The van der Waals surface area contributed by atoms with Crippen molar-refractivity contribution in [1.29, 1.82) is 0 Å². The Labute approximate surface area is 495 Å². The summed E-state index contributed by atoms with van der Waals surface area (Å²) < 4.78 is 5.52. The Morgan fingerprint density at radius 1 is 0.342 bits per heavy atom. The van der Waals surface area contributed by atoms with E-state index in [1.807, 2.05) is 0 Å². The van der Waals surface area contributed by atoms with E-state index in [1.165, 1.54) is 347 Å². The lowest BCUT2D eigenvalue weighted by Gasteiger charge is -2.22. The van der Waals surface area contributed by atoms with E-state index in [0.717, 1.165) is 38.5 Å². The van der Waals surface area contributed by atoms with Gasteiger partial charge in [0.15, 0.2) is 0 Å². The first-order valence-electron chi connectivity index (χ1n) is 36.4. The Balaban J connectivity index is 3.33. The number of unbranched alkanes of at least 4 members (excludes halogenated alkanes) is 56. The zero-order valence-electron chi connectivity index (χ0n) is 53.9. The van der Waals surface area contributed by atoms with Gasteiger partial charge in [0.2, 0.25) is 5.91 Å². The summed E-state index contributed by atoms with van der Waals surface area (Å²) in [7, 11) is 0. The first-order valence-corrected chi connectivity index (χ1v) is 36.4. The maximum Gasteiger partial charge on any atom is 0.305 e. The van der Waals surface area contributed by atoms with Gasteiger partial charge in [0, 0.05) is 12.8 Å². The molecule has 0 bridgehead atoms. The third kappa shape index (κ3) is 65.6. The molecule has 0 aliphatic rings. The Kier molecular flexibility index (Phi) is 67.9. The molecule has 79 heavy (non-hydrogen) atoms. The fourth-order valence-electron chi connectivity index (χ4n) is 11.8. The van der Waals surface area contributed by atoms with Crippen molar-refractivity contribution < 1.29 is 24.5 Å². The van der Waals surface area contributed by atoms with E-state index in [1.54, 1.807) is 0 Å². The van der Waals surface area contributed by atoms with Crippen LogP contribution in [0.15, 0.2) is 12.2 Å². The Bertz CT molecular complexity index is 1190. The van der Waals surface area contributed by atoms with Gasteiger partial charge in [-0.05, 0) is 51.4 Å². The molecule has 470 valence electrons. The molecule has 0 saturated carbocycles. The quantitative estimate of drug-likeness (QED) is 0.0320. The van der Waals surface area contributed by atoms with Crippen LogP contribution >= 0.6 is 0 Å². The van der Waals surface area contributed by atoms with Crippen LogP contribution in [0.4, 0.5) is 0 Å². The smallest absolute Gasteiger partial charge is 0.305 e. The zero-order valence-corrected chi connectivity index (χ0v) is 53.9. The topological polar surface area (TPSA) is 95.9 Å². The lowest BCUT2D eigenvalue weighted by atomic mass is 10.0. The standard InChI is InChI=1S/C73H143NO5/c1-3-5-7-9-11-13-15-17-19-20-32-36-39-43-47-51-55-59-63-67-73(78)79-68-64-60-56-52-48-44-40-37-34-31-29-27-25-23-21-22-24-26-28-30-33-35-38-42-46-50-54-58-62-66-72(77)74-70(69-75)71(76)65-61-57-53-49-45-41-18-16-14-12-10-8-6-4-2/h21,23,70-71,75-76H,3-20,22,24-69H2,1-2H3,(H,74,77)/b23-21-. The number of carbonyl (C=O) groups is 2. The van der Waals surface area contributed by atoms with Crippen LogP contribution in [0.1, 0.15) is 418 Å². The van der Waals surface area contributed by atoms with Crippen molar-refractivity contribution in [3.8, 4) is 0 Å². The van der Waals surface area contributed by atoms with Crippen molar-refractivity contribution in [2.24, 2.45) is 0 Å². The van der Waals surface area contributed by atoms with Gasteiger partial charge in [0.05, 0.1) is 25.4 Å². The van der Waals surface area contributed by atoms with Crippen LogP contribution in [0, 0.1) is 0 Å². The van der Waals surface area contributed by atoms with E-state index in [2.05, 4.69) is 31.3 Å². The molecule has 2 atom stereocenters.